The standard InChI is InChI=1S/C19H16F6O3P.Li/c1-2-27-10-11-28-12-6-8-13(9-7-12)29-17(26)16-14(18(20,21)22)4-3-5-15(16)19(23,24)25;/h3-9H,2,10-11H2,1H3;/q-1;+1. The van der Waals surface area contributed by atoms with E-state index in [-0.39, 0.29) is 39.4 Å². The predicted molar refractivity (Wildman–Crippen MR) is 95.8 cm³/mol. The van der Waals surface area contributed by atoms with Gasteiger partial charge in [-0.25, -0.2) is 0 Å². The van der Waals surface area contributed by atoms with Gasteiger partial charge in [-0.3, -0.25) is 0 Å². The Bertz CT molecular complexity index is 805. The van der Waals surface area contributed by atoms with Crippen LogP contribution in [0.2, 0.25) is 0 Å². The Hall–Kier alpha value is -1.52. The maximum atomic E-state index is 13.2. The second-order valence-electron chi connectivity index (χ2n) is 5.68. The van der Waals surface area contributed by atoms with E-state index in [9.17, 15) is 31.1 Å². The molecule has 0 bridgehead atoms. The predicted octanol–water partition coefficient (Wildman–Crippen LogP) is 2.56. The van der Waals surface area contributed by atoms with Crippen molar-refractivity contribution in [2.24, 2.45) is 0 Å². The summed E-state index contributed by atoms with van der Waals surface area (Å²) in [5.74, 6) is 0.433. The Labute approximate surface area is 183 Å². The first-order chi connectivity index (χ1) is 13.5. The average Bonchev–Trinajstić information content (AvgIpc) is 2.64. The van der Waals surface area contributed by atoms with E-state index in [0.717, 1.165) is 0 Å². The summed E-state index contributed by atoms with van der Waals surface area (Å²) < 4.78 is 89.6. The Kier molecular flexibility index (Phi) is 9.90. The van der Waals surface area contributed by atoms with Crippen LogP contribution in [-0.2, 0) is 17.1 Å². The minimum absolute atomic E-state index is 0. The van der Waals surface area contributed by atoms with Crippen molar-refractivity contribution in [3.8, 4) is 5.75 Å². The Morgan fingerprint density at radius 2 is 1.43 bits per heavy atom. The fourth-order valence-corrected chi connectivity index (χ4v) is 3.29. The molecule has 0 saturated carbocycles. The van der Waals surface area contributed by atoms with Crippen LogP contribution in [0.1, 0.15) is 28.4 Å². The van der Waals surface area contributed by atoms with Gasteiger partial charge in [-0.2, -0.15) is 31.6 Å². The molecule has 0 heterocycles. The van der Waals surface area contributed by atoms with E-state index >= 15 is 0 Å². The van der Waals surface area contributed by atoms with Crippen LogP contribution >= 0.6 is 8.58 Å². The summed E-state index contributed by atoms with van der Waals surface area (Å²) in [6.45, 7) is 3.00. The van der Waals surface area contributed by atoms with Crippen molar-refractivity contribution in [2.45, 2.75) is 19.3 Å². The normalized spacial score (nSPS) is 12.1. The zero-order chi connectivity index (χ0) is 21.7. The third-order valence-corrected chi connectivity index (χ3v) is 4.64. The van der Waals surface area contributed by atoms with Crippen LogP contribution in [0.15, 0.2) is 42.5 Å². The molecule has 0 amide bonds. The van der Waals surface area contributed by atoms with Gasteiger partial charge in [-0.05, 0) is 31.2 Å². The fraction of sp³-hybridized carbons (Fsp3) is 0.316. The molecule has 0 aliphatic carbocycles. The molecule has 0 fully saturated rings. The SMILES string of the molecule is CCOCCOc1ccc([P-]C(=O)c2c(C(F)(F)F)cccc2C(F)(F)F)cc1.[Li+]. The number of carbonyl (C=O) groups is 1. The van der Waals surface area contributed by atoms with Crippen molar-refractivity contribution in [3.05, 3.63) is 59.2 Å². The number of hydrogen-bond acceptors (Lipinski definition) is 3. The minimum Gasteiger partial charge on any atom is -0.491 e. The second-order valence-corrected chi connectivity index (χ2v) is 6.83. The summed E-state index contributed by atoms with van der Waals surface area (Å²) in [7, 11) is -0.318. The van der Waals surface area contributed by atoms with Crippen LogP contribution in [0.3, 0.4) is 0 Å². The average molecular weight is 444 g/mol. The van der Waals surface area contributed by atoms with E-state index in [1.165, 1.54) is 24.3 Å². The number of rotatable bonds is 8. The summed E-state index contributed by atoms with van der Waals surface area (Å²) in [5.41, 5.74) is -5.90. The number of hydrogen-bond donors (Lipinski definition) is 0. The summed E-state index contributed by atoms with van der Waals surface area (Å²) in [6, 6.07) is 7.32. The molecule has 0 unspecified atom stereocenters. The van der Waals surface area contributed by atoms with Crippen LogP contribution in [0, 0.1) is 0 Å². The van der Waals surface area contributed by atoms with Gasteiger partial charge in [0.15, 0.2) is 0 Å². The van der Waals surface area contributed by atoms with Gasteiger partial charge in [0.2, 0.25) is 0 Å². The smallest absolute Gasteiger partial charge is 0.491 e. The van der Waals surface area contributed by atoms with Gasteiger partial charge in [0.25, 0.3) is 0 Å². The Morgan fingerprint density at radius 3 is 1.90 bits per heavy atom. The first-order valence-corrected chi connectivity index (χ1v) is 9.27. The first-order valence-electron chi connectivity index (χ1n) is 8.38. The molecular formula is C19H16F6LiO3P. The van der Waals surface area contributed by atoms with Crippen molar-refractivity contribution in [3.63, 3.8) is 0 Å². The molecule has 0 saturated heterocycles. The molecule has 0 radical (unpaired) electrons. The minimum atomic E-state index is -5.10. The number of ether oxygens (including phenoxy) is 2. The summed E-state index contributed by atoms with van der Waals surface area (Å²) in [4.78, 5) is 12.4. The molecule has 2 aromatic carbocycles. The van der Waals surface area contributed by atoms with E-state index in [0.29, 0.717) is 37.2 Å². The third-order valence-electron chi connectivity index (χ3n) is 3.66. The third kappa shape index (κ3) is 7.31. The number of halogens is 6. The van der Waals surface area contributed by atoms with Gasteiger partial charge in [0.1, 0.15) is 12.4 Å². The first kappa shape index (κ1) is 26.5. The number of benzene rings is 2. The van der Waals surface area contributed by atoms with Gasteiger partial charge in [-0.1, -0.05) is 18.2 Å². The van der Waals surface area contributed by atoms with Crippen molar-refractivity contribution < 1.29 is 59.5 Å². The summed E-state index contributed by atoms with van der Waals surface area (Å²) in [5, 5.41) is 0.234. The van der Waals surface area contributed by atoms with Crippen molar-refractivity contribution in [1.29, 1.82) is 0 Å². The molecule has 3 nitrogen and oxygen atoms in total. The van der Waals surface area contributed by atoms with E-state index in [4.69, 9.17) is 9.47 Å². The summed E-state index contributed by atoms with van der Waals surface area (Å²) in [6.07, 6.45) is -10.2. The van der Waals surface area contributed by atoms with Crippen LogP contribution < -0.4 is 28.9 Å². The van der Waals surface area contributed by atoms with E-state index in [1.807, 2.05) is 6.92 Å². The largest absolute Gasteiger partial charge is 1.00 e. The Balaban J connectivity index is 0.00000450. The molecule has 11 heteroatoms. The number of alkyl halides is 6. The molecule has 0 N–H and O–H groups in total. The van der Waals surface area contributed by atoms with Crippen LogP contribution in [-0.4, -0.2) is 25.3 Å². The van der Waals surface area contributed by atoms with Crippen LogP contribution in [0.5, 0.6) is 5.75 Å². The molecule has 30 heavy (non-hydrogen) atoms. The molecule has 0 aliphatic heterocycles. The van der Waals surface area contributed by atoms with Gasteiger partial charge >= 0.3 is 31.2 Å². The topological polar surface area (TPSA) is 35.5 Å². The molecule has 2 rings (SSSR count). The quantitative estimate of drug-likeness (QED) is 0.272. The molecule has 2 aromatic rings. The van der Waals surface area contributed by atoms with Gasteiger partial charge in [0, 0.05) is 17.7 Å². The van der Waals surface area contributed by atoms with Gasteiger partial charge < -0.3 is 22.8 Å². The molecule has 0 aromatic heterocycles. The summed E-state index contributed by atoms with van der Waals surface area (Å²) >= 11 is 0. The molecule has 0 spiro atoms. The monoisotopic (exact) mass is 444 g/mol. The zero-order valence-corrected chi connectivity index (χ0v) is 17.0. The van der Waals surface area contributed by atoms with Crippen molar-refractivity contribution in [1.82, 2.24) is 0 Å². The fourth-order valence-electron chi connectivity index (χ4n) is 2.41. The molecule has 158 valence electrons. The maximum absolute atomic E-state index is 13.2. The number of carbonyl (C=O) groups excluding carboxylic acids is 1. The van der Waals surface area contributed by atoms with Gasteiger partial charge in [0.05, 0.1) is 17.7 Å². The second kappa shape index (κ2) is 11.2. The van der Waals surface area contributed by atoms with Crippen molar-refractivity contribution >= 4 is 19.4 Å². The molecule has 0 aliphatic rings. The zero-order valence-electron chi connectivity index (χ0n) is 16.1. The van der Waals surface area contributed by atoms with E-state index < -0.39 is 34.6 Å². The Morgan fingerprint density at radius 1 is 0.900 bits per heavy atom. The van der Waals surface area contributed by atoms with Crippen LogP contribution in [0.25, 0.3) is 0 Å². The van der Waals surface area contributed by atoms with Gasteiger partial charge in [-0.15, -0.1) is 0 Å². The maximum Gasteiger partial charge on any atom is 1.00 e. The van der Waals surface area contributed by atoms with Crippen molar-refractivity contribution in [2.75, 3.05) is 19.8 Å². The van der Waals surface area contributed by atoms with E-state index in [1.54, 1.807) is 0 Å². The van der Waals surface area contributed by atoms with Crippen LogP contribution in [0.4, 0.5) is 26.3 Å². The molecular weight excluding hydrogens is 428 g/mol. The van der Waals surface area contributed by atoms with E-state index in [2.05, 4.69) is 0 Å². The molecule has 0 atom stereocenters.